The van der Waals surface area contributed by atoms with Crippen molar-refractivity contribution in [3.63, 3.8) is 0 Å². The van der Waals surface area contributed by atoms with Crippen molar-refractivity contribution in [2.75, 3.05) is 13.2 Å². The molecule has 0 saturated heterocycles. The van der Waals surface area contributed by atoms with Gasteiger partial charge in [-0.05, 0) is 74.6 Å². The maximum Gasteiger partial charge on any atom is 0.119 e. The number of benzene rings is 1. The molecule has 0 bridgehead atoms. The molecule has 2 atom stereocenters. The van der Waals surface area contributed by atoms with Crippen molar-refractivity contribution in [2.24, 2.45) is 11.8 Å². The lowest BCUT2D eigenvalue weighted by atomic mass is 9.95. The molecule has 0 heterocycles. The first-order valence-corrected chi connectivity index (χ1v) is 8.56. The summed E-state index contributed by atoms with van der Waals surface area (Å²) >= 11 is 0. The smallest absolute Gasteiger partial charge is 0.119 e. The Hall–Kier alpha value is -1.70. The molecule has 0 spiro atoms. The first-order valence-electron chi connectivity index (χ1n) is 8.56. The van der Waals surface area contributed by atoms with Crippen LogP contribution in [0, 0.1) is 11.8 Å². The van der Waals surface area contributed by atoms with Gasteiger partial charge < -0.3 is 9.47 Å². The molecule has 0 aliphatic heterocycles. The Balaban J connectivity index is 1.41. The third-order valence-corrected chi connectivity index (χ3v) is 4.55. The number of allylic oxidation sites excluding steroid dienone is 4. The topological polar surface area (TPSA) is 18.5 Å². The quantitative estimate of drug-likeness (QED) is 0.676. The number of ether oxygens (including phenoxy) is 2. The summed E-state index contributed by atoms with van der Waals surface area (Å²) in [6.45, 7) is 1.64. The molecule has 118 valence electrons. The molecule has 0 N–H and O–H groups in total. The second-order valence-electron chi connectivity index (χ2n) is 6.39. The summed E-state index contributed by atoms with van der Waals surface area (Å²) in [4.78, 5) is 0. The Morgan fingerprint density at radius 3 is 1.50 bits per heavy atom. The van der Waals surface area contributed by atoms with Crippen LogP contribution < -0.4 is 9.47 Å². The third kappa shape index (κ3) is 4.66. The van der Waals surface area contributed by atoms with E-state index >= 15 is 0 Å². The van der Waals surface area contributed by atoms with Crippen LogP contribution in [0.2, 0.25) is 0 Å². The second-order valence-corrected chi connectivity index (χ2v) is 6.39. The van der Waals surface area contributed by atoms with Gasteiger partial charge in [0.25, 0.3) is 0 Å². The Kier molecular flexibility index (Phi) is 5.58. The van der Waals surface area contributed by atoms with Crippen LogP contribution >= 0.6 is 0 Å². The predicted molar refractivity (Wildman–Crippen MR) is 90.4 cm³/mol. The minimum absolute atomic E-state index is 0.667. The maximum absolute atomic E-state index is 5.90. The van der Waals surface area contributed by atoms with E-state index in [-0.39, 0.29) is 0 Å². The van der Waals surface area contributed by atoms with Gasteiger partial charge in [-0.1, -0.05) is 24.3 Å². The van der Waals surface area contributed by atoms with Gasteiger partial charge in [0.05, 0.1) is 13.2 Å². The van der Waals surface area contributed by atoms with E-state index < -0.39 is 0 Å². The largest absolute Gasteiger partial charge is 0.493 e. The van der Waals surface area contributed by atoms with E-state index in [1.807, 2.05) is 24.3 Å². The van der Waals surface area contributed by atoms with E-state index in [1.165, 1.54) is 25.7 Å². The molecule has 0 fully saturated rings. The molecule has 2 aliphatic rings. The summed E-state index contributed by atoms with van der Waals surface area (Å²) in [6.07, 6.45) is 16.3. The highest BCUT2D eigenvalue weighted by Gasteiger charge is 2.12. The van der Waals surface area contributed by atoms with Crippen molar-refractivity contribution in [3.8, 4) is 11.5 Å². The van der Waals surface area contributed by atoms with Gasteiger partial charge in [-0.3, -0.25) is 0 Å². The molecule has 22 heavy (non-hydrogen) atoms. The van der Waals surface area contributed by atoms with Crippen molar-refractivity contribution in [2.45, 2.75) is 38.5 Å². The highest BCUT2D eigenvalue weighted by Crippen LogP contribution is 2.23. The van der Waals surface area contributed by atoms with Gasteiger partial charge in [0.15, 0.2) is 0 Å². The summed E-state index contributed by atoms with van der Waals surface area (Å²) in [5.74, 6) is 3.23. The van der Waals surface area contributed by atoms with Gasteiger partial charge >= 0.3 is 0 Å². The molecule has 2 aliphatic carbocycles. The van der Waals surface area contributed by atoms with E-state index in [1.54, 1.807) is 0 Å². The predicted octanol–water partition coefficient (Wildman–Crippen LogP) is 5.16. The molecule has 0 radical (unpaired) electrons. The fourth-order valence-corrected chi connectivity index (χ4v) is 3.08. The van der Waals surface area contributed by atoms with Crippen LogP contribution in [0.3, 0.4) is 0 Å². The molecular weight excluding hydrogens is 272 g/mol. The second kappa shape index (κ2) is 8.07. The van der Waals surface area contributed by atoms with Crippen molar-refractivity contribution >= 4 is 0 Å². The van der Waals surface area contributed by atoms with Crippen molar-refractivity contribution < 1.29 is 9.47 Å². The summed E-state index contributed by atoms with van der Waals surface area (Å²) in [6, 6.07) is 8.09. The Bertz CT molecular complexity index is 454. The van der Waals surface area contributed by atoms with E-state index in [4.69, 9.17) is 9.47 Å². The van der Waals surface area contributed by atoms with Crippen LogP contribution in [-0.4, -0.2) is 13.2 Å². The monoisotopic (exact) mass is 298 g/mol. The molecular formula is C20H26O2. The Morgan fingerprint density at radius 1 is 0.682 bits per heavy atom. The van der Waals surface area contributed by atoms with Gasteiger partial charge in [-0.25, -0.2) is 0 Å². The highest BCUT2D eigenvalue weighted by molar-refractivity contribution is 5.31. The number of hydrogen-bond acceptors (Lipinski definition) is 2. The Labute approximate surface area is 133 Å². The van der Waals surface area contributed by atoms with Crippen LogP contribution in [-0.2, 0) is 0 Å². The SMILES string of the molecule is C1=CCC(COc2ccc(OCC3CC=CCC3)cc2)CC1. The lowest BCUT2D eigenvalue weighted by molar-refractivity contribution is 0.233. The molecule has 1 aromatic rings. The lowest BCUT2D eigenvalue weighted by Crippen LogP contribution is -2.13. The number of hydrogen-bond donors (Lipinski definition) is 0. The zero-order valence-corrected chi connectivity index (χ0v) is 13.2. The van der Waals surface area contributed by atoms with Gasteiger partial charge in [-0.15, -0.1) is 0 Å². The van der Waals surface area contributed by atoms with Crippen LogP contribution in [0.1, 0.15) is 38.5 Å². The van der Waals surface area contributed by atoms with Crippen molar-refractivity contribution in [1.82, 2.24) is 0 Å². The zero-order chi connectivity index (χ0) is 15.0. The molecule has 2 unspecified atom stereocenters. The lowest BCUT2D eigenvalue weighted by Gasteiger charge is -2.19. The standard InChI is InChI=1S/C20H26O2/c1-3-7-17(8-4-1)15-21-19-11-13-20(14-12-19)22-16-18-9-5-2-6-10-18/h1-3,5,11-14,17-18H,4,6-10,15-16H2. The molecule has 0 amide bonds. The fraction of sp³-hybridized carbons (Fsp3) is 0.500. The molecule has 3 rings (SSSR count). The van der Waals surface area contributed by atoms with Gasteiger partial charge in [0, 0.05) is 0 Å². The molecule has 1 aromatic carbocycles. The zero-order valence-electron chi connectivity index (χ0n) is 13.2. The first-order chi connectivity index (χ1) is 10.9. The average molecular weight is 298 g/mol. The summed E-state index contributed by atoms with van der Waals surface area (Å²) in [5, 5.41) is 0. The van der Waals surface area contributed by atoms with Gasteiger partial charge in [0.2, 0.25) is 0 Å². The third-order valence-electron chi connectivity index (χ3n) is 4.55. The van der Waals surface area contributed by atoms with Gasteiger partial charge in [0.1, 0.15) is 11.5 Å². The van der Waals surface area contributed by atoms with Crippen LogP contribution in [0.4, 0.5) is 0 Å². The normalized spacial score (nSPS) is 24.2. The number of rotatable bonds is 6. The van der Waals surface area contributed by atoms with Crippen LogP contribution in [0.15, 0.2) is 48.6 Å². The maximum atomic E-state index is 5.90. The highest BCUT2D eigenvalue weighted by atomic mass is 16.5. The Morgan fingerprint density at radius 2 is 1.14 bits per heavy atom. The van der Waals surface area contributed by atoms with E-state index in [2.05, 4.69) is 24.3 Å². The van der Waals surface area contributed by atoms with Crippen molar-refractivity contribution in [1.29, 1.82) is 0 Å². The summed E-state index contributed by atoms with van der Waals surface area (Å²) < 4.78 is 11.8. The fourth-order valence-electron chi connectivity index (χ4n) is 3.08. The molecule has 2 heteroatoms. The van der Waals surface area contributed by atoms with E-state index in [0.717, 1.165) is 37.6 Å². The summed E-state index contributed by atoms with van der Waals surface area (Å²) in [5.41, 5.74) is 0. The van der Waals surface area contributed by atoms with Crippen LogP contribution in [0.5, 0.6) is 11.5 Å². The average Bonchev–Trinajstić information content (AvgIpc) is 2.61. The summed E-state index contributed by atoms with van der Waals surface area (Å²) in [7, 11) is 0. The minimum atomic E-state index is 0.667. The van der Waals surface area contributed by atoms with E-state index in [0.29, 0.717) is 11.8 Å². The molecule has 0 aromatic heterocycles. The van der Waals surface area contributed by atoms with Crippen molar-refractivity contribution in [3.05, 3.63) is 48.6 Å². The minimum Gasteiger partial charge on any atom is -0.493 e. The van der Waals surface area contributed by atoms with Gasteiger partial charge in [-0.2, -0.15) is 0 Å². The van der Waals surface area contributed by atoms with E-state index in [9.17, 15) is 0 Å². The molecule has 2 nitrogen and oxygen atoms in total. The van der Waals surface area contributed by atoms with Crippen LogP contribution in [0.25, 0.3) is 0 Å². The molecule has 0 saturated carbocycles. The first kappa shape index (κ1) is 15.2.